The van der Waals surface area contributed by atoms with Crippen LogP contribution in [0.3, 0.4) is 0 Å². The SMILES string of the molecule is CNC(O)COC(=O)NC(C)c1ccc(C(F)(F)F)cc1. The summed E-state index contributed by atoms with van der Waals surface area (Å²) < 4.78 is 42.0. The molecule has 0 aliphatic carbocycles. The second-order valence-corrected chi connectivity index (χ2v) is 4.39. The smallest absolute Gasteiger partial charge is 0.416 e. The van der Waals surface area contributed by atoms with Gasteiger partial charge in [0.15, 0.2) is 0 Å². The van der Waals surface area contributed by atoms with Gasteiger partial charge in [0, 0.05) is 0 Å². The number of hydrogen-bond donors (Lipinski definition) is 3. The first kappa shape index (κ1) is 17.3. The van der Waals surface area contributed by atoms with E-state index < -0.39 is 30.1 Å². The van der Waals surface area contributed by atoms with Crippen molar-refractivity contribution in [3.8, 4) is 0 Å². The molecule has 0 aliphatic heterocycles. The fourth-order valence-electron chi connectivity index (χ4n) is 1.50. The van der Waals surface area contributed by atoms with E-state index in [1.54, 1.807) is 6.92 Å². The molecule has 0 heterocycles. The lowest BCUT2D eigenvalue weighted by Crippen LogP contribution is -2.34. The third kappa shape index (κ3) is 5.60. The minimum absolute atomic E-state index is 0.234. The van der Waals surface area contributed by atoms with Crippen LogP contribution in [0, 0.1) is 0 Å². The Bertz CT molecular complexity index is 463. The van der Waals surface area contributed by atoms with Crippen LogP contribution in [0.2, 0.25) is 0 Å². The van der Waals surface area contributed by atoms with Crippen LogP contribution >= 0.6 is 0 Å². The van der Waals surface area contributed by atoms with E-state index in [2.05, 4.69) is 10.6 Å². The quantitative estimate of drug-likeness (QED) is 0.728. The second-order valence-electron chi connectivity index (χ2n) is 4.39. The molecular weight excluding hydrogens is 289 g/mol. The highest BCUT2D eigenvalue weighted by atomic mass is 19.4. The third-order valence-electron chi connectivity index (χ3n) is 2.78. The first-order chi connectivity index (χ1) is 9.74. The lowest BCUT2D eigenvalue weighted by atomic mass is 10.1. The van der Waals surface area contributed by atoms with Crippen LogP contribution in [0.1, 0.15) is 24.1 Å². The molecule has 8 heteroatoms. The van der Waals surface area contributed by atoms with Crippen molar-refractivity contribution in [1.82, 2.24) is 10.6 Å². The monoisotopic (exact) mass is 306 g/mol. The Kier molecular flexibility index (Phi) is 5.98. The van der Waals surface area contributed by atoms with Crippen molar-refractivity contribution in [1.29, 1.82) is 0 Å². The van der Waals surface area contributed by atoms with Gasteiger partial charge in [-0.3, -0.25) is 5.32 Å². The highest BCUT2D eigenvalue weighted by Crippen LogP contribution is 2.29. The molecule has 0 radical (unpaired) electrons. The zero-order valence-corrected chi connectivity index (χ0v) is 11.6. The Morgan fingerprint density at radius 1 is 1.33 bits per heavy atom. The number of alkyl carbamates (subject to hydrolysis) is 1. The molecule has 0 bridgehead atoms. The number of aliphatic hydroxyl groups is 1. The Hall–Kier alpha value is -1.80. The van der Waals surface area contributed by atoms with Crippen molar-refractivity contribution in [2.45, 2.75) is 25.4 Å². The van der Waals surface area contributed by atoms with Crippen LogP contribution in [0.25, 0.3) is 0 Å². The molecule has 118 valence electrons. The van der Waals surface area contributed by atoms with E-state index in [0.29, 0.717) is 5.56 Å². The van der Waals surface area contributed by atoms with E-state index in [1.165, 1.54) is 19.2 Å². The molecule has 1 rings (SSSR count). The van der Waals surface area contributed by atoms with Crippen LogP contribution in [0.4, 0.5) is 18.0 Å². The summed E-state index contributed by atoms with van der Waals surface area (Å²) >= 11 is 0. The van der Waals surface area contributed by atoms with E-state index >= 15 is 0 Å². The van der Waals surface area contributed by atoms with E-state index in [4.69, 9.17) is 9.84 Å². The molecule has 2 atom stereocenters. The minimum Gasteiger partial charge on any atom is -0.445 e. The Morgan fingerprint density at radius 2 is 1.90 bits per heavy atom. The van der Waals surface area contributed by atoms with Crippen LogP contribution in [0.15, 0.2) is 24.3 Å². The summed E-state index contributed by atoms with van der Waals surface area (Å²) in [6.07, 6.45) is -6.13. The lowest BCUT2D eigenvalue weighted by Gasteiger charge is -2.16. The number of ether oxygens (including phenoxy) is 1. The van der Waals surface area contributed by atoms with Gasteiger partial charge < -0.3 is 15.2 Å². The molecule has 0 aromatic heterocycles. The molecule has 0 aliphatic rings. The number of carbonyl (C=O) groups excluding carboxylic acids is 1. The van der Waals surface area contributed by atoms with Crippen LogP contribution < -0.4 is 10.6 Å². The molecule has 3 N–H and O–H groups in total. The fourth-order valence-corrected chi connectivity index (χ4v) is 1.50. The number of rotatable bonds is 5. The number of likely N-dealkylation sites (N-methyl/N-ethyl adjacent to an activating group) is 1. The van der Waals surface area contributed by atoms with Gasteiger partial charge in [-0.2, -0.15) is 13.2 Å². The maximum atomic E-state index is 12.4. The lowest BCUT2D eigenvalue weighted by molar-refractivity contribution is -0.137. The van der Waals surface area contributed by atoms with Crippen molar-refractivity contribution >= 4 is 6.09 Å². The van der Waals surface area contributed by atoms with Crippen molar-refractivity contribution in [2.24, 2.45) is 0 Å². The van der Waals surface area contributed by atoms with Gasteiger partial charge in [0.2, 0.25) is 0 Å². The third-order valence-corrected chi connectivity index (χ3v) is 2.78. The van der Waals surface area contributed by atoms with E-state index in [9.17, 15) is 18.0 Å². The van der Waals surface area contributed by atoms with Gasteiger partial charge in [-0.05, 0) is 31.7 Å². The molecule has 21 heavy (non-hydrogen) atoms. The highest BCUT2D eigenvalue weighted by molar-refractivity contribution is 5.67. The van der Waals surface area contributed by atoms with Gasteiger partial charge in [0.25, 0.3) is 0 Å². The number of alkyl halides is 3. The Morgan fingerprint density at radius 3 is 2.38 bits per heavy atom. The van der Waals surface area contributed by atoms with Crippen molar-refractivity contribution < 1.29 is 27.8 Å². The fraction of sp³-hybridized carbons (Fsp3) is 0.462. The minimum atomic E-state index is -4.39. The zero-order valence-electron chi connectivity index (χ0n) is 11.6. The molecule has 0 saturated heterocycles. The number of hydrogen-bond acceptors (Lipinski definition) is 4. The normalized spacial score (nSPS) is 14.4. The van der Waals surface area contributed by atoms with Gasteiger partial charge >= 0.3 is 12.3 Å². The number of nitrogens with one attached hydrogen (secondary N) is 2. The molecule has 5 nitrogen and oxygen atoms in total. The average molecular weight is 306 g/mol. The summed E-state index contributed by atoms with van der Waals surface area (Å²) in [5.74, 6) is 0. The molecule has 1 aromatic carbocycles. The van der Waals surface area contributed by atoms with Gasteiger partial charge in [-0.1, -0.05) is 12.1 Å². The number of benzene rings is 1. The summed E-state index contributed by atoms with van der Waals surface area (Å²) in [6.45, 7) is 1.38. The molecule has 0 fully saturated rings. The molecule has 2 unspecified atom stereocenters. The molecule has 0 spiro atoms. The highest BCUT2D eigenvalue weighted by Gasteiger charge is 2.30. The standard InChI is InChI=1S/C13H17F3N2O3/c1-8(18-12(20)21-7-11(19)17-2)9-3-5-10(6-4-9)13(14,15)16/h3-6,8,11,17,19H,7H2,1-2H3,(H,18,20). The summed E-state index contributed by atoms with van der Waals surface area (Å²) in [5.41, 5.74) is -0.243. The predicted molar refractivity (Wildman–Crippen MR) is 69.4 cm³/mol. The van der Waals surface area contributed by atoms with Crippen molar-refractivity contribution in [3.63, 3.8) is 0 Å². The summed E-state index contributed by atoms with van der Waals surface area (Å²) in [5, 5.41) is 14.1. The number of aliphatic hydroxyl groups excluding tert-OH is 1. The number of amides is 1. The molecular formula is C13H17F3N2O3. The second kappa shape index (κ2) is 7.28. The number of carbonyl (C=O) groups is 1. The Balaban J connectivity index is 2.55. The molecule has 0 saturated carbocycles. The zero-order chi connectivity index (χ0) is 16.0. The van der Waals surface area contributed by atoms with Gasteiger partial charge in [0.05, 0.1) is 11.6 Å². The van der Waals surface area contributed by atoms with Gasteiger partial charge in [-0.15, -0.1) is 0 Å². The largest absolute Gasteiger partial charge is 0.445 e. The maximum absolute atomic E-state index is 12.4. The molecule has 1 amide bonds. The van der Waals surface area contributed by atoms with E-state index in [-0.39, 0.29) is 6.61 Å². The van der Waals surface area contributed by atoms with Gasteiger partial charge in [0.1, 0.15) is 12.8 Å². The topological polar surface area (TPSA) is 70.6 Å². The van der Waals surface area contributed by atoms with E-state index in [1.807, 2.05) is 0 Å². The summed E-state index contributed by atoms with van der Waals surface area (Å²) in [6, 6.07) is 3.95. The summed E-state index contributed by atoms with van der Waals surface area (Å²) in [7, 11) is 1.50. The van der Waals surface area contributed by atoms with Crippen LogP contribution in [-0.2, 0) is 10.9 Å². The first-order valence-corrected chi connectivity index (χ1v) is 6.20. The number of halogens is 3. The van der Waals surface area contributed by atoms with Crippen LogP contribution in [0.5, 0.6) is 0 Å². The molecule has 1 aromatic rings. The van der Waals surface area contributed by atoms with Crippen molar-refractivity contribution in [2.75, 3.05) is 13.7 Å². The summed E-state index contributed by atoms with van der Waals surface area (Å²) in [4.78, 5) is 11.4. The first-order valence-electron chi connectivity index (χ1n) is 6.20. The van der Waals surface area contributed by atoms with Gasteiger partial charge in [-0.25, -0.2) is 4.79 Å². The Labute approximate surface area is 120 Å². The van der Waals surface area contributed by atoms with Crippen molar-refractivity contribution in [3.05, 3.63) is 35.4 Å². The maximum Gasteiger partial charge on any atom is 0.416 e. The van der Waals surface area contributed by atoms with E-state index in [0.717, 1.165) is 12.1 Å². The van der Waals surface area contributed by atoms with Crippen LogP contribution in [-0.4, -0.2) is 31.1 Å². The predicted octanol–water partition coefficient (Wildman–Crippen LogP) is 2.03. The average Bonchev–Trinajstić information content (AvgIpc) is 2.43.